The number of carbonyl (C=O) groups is 1. The van der Waals surface area contributed by atoms with Crippen LogP contribution in [0.15, 0.2) is 78.9 Å². The Bertz CT molecular complexity index is 1120. The number of para-hydroxylation sites is 1. The second kappa shape index (κ2) is 7.56. The Balaban J connectivity index is 1.70. The third-order valence-electron chi connectivity index (χ3n) is 4.28. The quantitative estimate of drug-likeness (QED) is 0.365. The van der Waals surface area contributed by atoms with Gasteiger partial charge >= 0.3 is 0 Å². The first-order chi connectivity index (χ1) is 13.2. The van der Waals surface area contributed by atoms with Gasteiger partial charge in [0.2, 0.25) is 0 Å². The molecule has 1 amide bonds. The Hall–Kier alpha value is -3.24. The second-order valence-electron chi connectivity index (χ2n) is 6.23. The van der Waals surface area contributed by atoms with Crippen molar-refractivity contribution in [1.82, 2.24) is 4.98 Å². The van der Waals surface area contributed by atoms with Crippen LogP contribution in [0.3, 0.4) is 0 Å². The highest BCUT2D eigenvalue weighted by atomic mass is 32.1. The fourth-order valence-electron chi connectivity index (χ4n) is 2.92. The van der Waals surface area contributed by atoms with Crippen molar-refractivity contribution < 1.29 is 4.79 Å². The lowest BCUT2D eigenvalue weighted by Crippen LogP contribution is -2.13. The summed E-state index contributed by atoms with van der Waals surface area (Å²) >= 11 is 1.49. The third-order valence-corrected chi connectivity index (χ3v) is 5.22. The minimum absolute atomic E-state index is 0.165. The first-order valence-electron chi connectivity index (χ1n) is 8.70. The van der Waals surface area contributed by atoms with Gasteiger partial charge in [0.1, 0.15) is 0 Å². The number of fused-ring (bicyclic) bond motifs is 1. The molecule has 0 radical (unpaired) electrons. The van der Waals surface area contributed by atoms with E-state index in [-0.39, 0.29) is 5.91 Å². The van der Waals surface area contributed by atoms with Crippen LogP contribution in [0.5, 0.6) is 0 Å². The summed E-state index contributed by atoms with van der Waals surface area (Å²) < 4.78 is 1.07. The molecule has 0 aliphatic heterocycles. The molecule has 27 heavy (non-hydrogen) atoms. The number of aryl methyl sites for hydroxylation is 1. The van der Waals surface area contributed by atoms with Gasteiger partial charge in [-0.25, -0.2) is 4.98 Å². The molecular formula is C23H18N2OS. The molecule has 1 N–H and O–H groups in total. The van der Waals surface area contributed by atoms with E-state index in [1.165, 1.54) is 11.3 Å². The van der Waals surface area contributed by atoms with Gasteiger partial charge in [-0.05, 0) is 35.8 Å². The lowest BCUT2D eigenvalue weighted by molar-refractivity contribution is -0.111. The van der Waals surface area contributed by atoms with Gasteiger partial charge in [0, 0.05) is 5.57 Å². The predicted octanol–water partition coefficient (Wildman–Crippen LogP) is 5.78. The number of nitrogens with zero attached hydrogens (tertiary/aromatic N) is 1. The zero-order chi connectivity index (χ0) is 18.6. The molecule has 0 fully saturated rings. The van der Waals surface area contributed by atoms with Gasteiger partial charge in [0.25, 0.3) is 5.91 Å². The van der Waals surface area contributed by atoms with Crippen LogP contribution in [-0.2, 0) is 4.79 Å². The van der Waals surface area contributed by atoms with E-state index >= 15 is 0 Å². The van der Waals surface area contributed by atoms with Gasteiger partial charge in [-0.1, -0.05) is 84.1 Å². The minimum Gasteiger partial charge on any atom is -0.298 e. The van der Waals surface area contributed by atoms with Crippen LogP contribution in [0.2, 0.25) is 0 Å². The predicted molar refractivity (Wildman–Crippen MR) is 114 cm³/mol. The smallest absolute Gasteiger partial charge is 0.258 e. The van der Waals surface area contributed by atoms with Crippen LogP contribution in [0.1, 0.15) is 16.7 Å². The van der Waals surface area contributed by atoms with E-state index in [0.29, 0.717) is 10.7 Å². The van der Waals surface area contributed by atoms with Crippen molar-refractivity contribution in [1.29, 1.82) is 0 Å². The zero-order valence-corrected chi connectivity index (χ0v) is 15.7. The second-order valence-corrected chi connectivity index (χ2v) is 7.26. The monoisotopic (exact) mass is 370 g/mol. The van der Waals surface area contributed by atoms with Crippen LogP contribution in [0, 0.1) is 6.92 Å². The Morgan fingerprint density at radius 1 is 0.926 bits per heavy atom. The lowest BCUT2D eigenvalue weighted by Gasteiger charge is -2.08. The summed E-state index contributed by atoms with van der Waals surface area (Å²) in [5.41, 5.74) is 4.50. The van der Waals surface area contributed by atoms with Gasteiger partial charge in [-0.3, -0.25) is 10.1 Å². The summed E-state index contributed by atoms with van der Waals surface area (Å²) in [5.74, 6) is -0.165. The average Bonchev–Trinajstić information content (AvgIpc) is 3.11. The highest BCUT2D eigenvalue weighted by Crippen LogP contribution is 2.29. The number of nitrogens with one attached hydrogen (secondary N) is 1. The number of anilines is 1. The molecule has 4 rings (SSSR count). The van der Waals surface area contributed by atoms with Crippen molar-refractivity contribution in [3.8, 4) is 0 Å². The number of thiazole rings is 1. The molecule has 0 bridgehead atoms. The SMILES string of the molecule is Cc1cccc2sc(NC(=O)/C(=C/c3ccccc3)c3ccccc3)nc12. The molecule has 3 aromatic carbocycles. The fourth-order valence-corrected chi connectivity index (χ4v) is 3.86. The Morgan fingerprint density at radius 3 is 2.33 bits per heavy atom. The maximum Gasteiger partial charge on any atom is 0.258 e. The van der Waals surface area contributed by atoms with E-state index < -0.39 is 0 Å². The molecule has 4 heteroatoms. The zero-order valence-electron chi connectivity index (χ0n) is 14.8. The van der Waals surface area contributed by atoms with Crippen molar-refractivity contribution in [3.05, 3.63) is 95.6 Å². The maximum absolute atomic E-state index is 13.1. The van der Waals surface area contributed by atoms with Crippen molar-refractivity contribution >= 4 is 44.2 Å². The molecular weight excluding hydrogens is 352 g/mol. The molecule has 0 saturated heterocycles. The summed E-state index contributed by atoms with van der Waals surface area (Å²) in [5, 5.41) is 3.59. The molecule has 0 unspecified atom stereocenters. The van der Waals surface area contributed by atoms with Gasteiger partial charge in [-0.15, -0.1) is 0 Å². The molecule has 1 aromatic heterocycles. The van der Waals surface area contributed by atoms with Crippen LogP contribution < -0.4 is 5.32 Å². The normalized spacial score (nSPS) is 11.5. The van der Waals surface area contributed by atoms with Gasteiger partial charge in [0.15, 0.2) is 5.13 Å². The van der Waals surface area contributed by atoms with Crippen LogP contribution in [-0.4, -0.2) is 10.9 Å². The summed E-state index contributed by atoms with van der Waals surface area (Å²) in [4.78, 5) is 17.7. The largest absolute Gasteiger partial charge is 0.298 e. The van der Waals surface area contributed by atoms with Gasteiger partial charge in [0.05, 0.1) is 10.2 Å². The highest BCUT2D eigenvalue weighted by molar-refractivity contribution is 7.22. The van der Waals surface area contributed by atoms with Crippen LogP contribution in [0.4, 0.5) is 5.13 Å². The summed E-state index contributed by atoms with van der Waals surface area (Å²) in [6, 6.07) is 25.6. The highest BCUT2D eigenvalue weighted by Gasteiger charge is 2.15. The molecule has 0 aliphatic carbocycles. The van der Waals surface area contributed by atoms with Crippen molar-refractivity contribution in [2.45, 2.75) is 6.92 Å². The summed E-state index contributed by atoms with van der Waals surface area (Å²) in [7, 11) is 0. The number of rotatable bonds is 4. The number of carbonyl (C=O) groups excluding carboxylic acids is 1. The number of hydrogen-bond donors (Lipinski definition) is 1. The number of amides is 1. The summed E-state index contributed by atoms with van der Waals surface area (Å²) in [6.45, 7) is 2.03. The number of hydrogen-bond acceptors (Lipinski definition) is 3. The van der Waals surface area contributed by atoms with E-state index in [1.54, 1.807) is 0 Å². The minimum atomic E-state index is -0.165. The third kappa shape index (κ3) is 3.81. The van der Waals surface area contributed by atoms with E-state index in [2.05, 4.69) is 10.3 Å². The van der Waals surface area contributed by atoms with Crippen LogP contribution in [0.25, 0.3) is 21.9 Å². The molecule has 4 aromatic rings. The Labute approximate surface area is 162 Å². The molecule has 0 aliphatic rings. The van der Waals surface area contributed by atoms with Crippen molar-refractivity contribution in [2.24, 2.45) is 0 Å². The standard InChI is InChI=1S/C23H18N2OS/c1-16-9-8-14-20-21(16)24-23(27-20)25-22(26)19(18-12-6-3-7-13-18)15-17-10-4-2-5-11-17/h2-15H,1H3,(H,24,25,26)/b19-15+. The molecule has 0 atom stereocenters. The molecule has 3 nitrogen and oxygen atoms in total. The Morgan fingerprint density at radius 2 is 1.63 bits per heavy atom. The molecule has 1 heterocycles. The van der Waals surface area contributed by atoms with Crippen molar-refractivity contribution in [2.75, 3.05) is 5.32 Å². The van der Waals surface area contributed by atoms with E-state index in [9.17, 15) is 4.79 Å². The molecule has 0 spiro atoms. The fraction of sp³-hybridized carbons (Fsp3) is 0.0435. The lowest BCUT2D eigenvalue weighted by atomic mass is 10.0. The molecule has 132 valence electrons. The van der Waals surface area contributed by atoms with E-state index in [4.69, 9.17) is 0 Å². The maximum atomic E-state index is 13.1. The first-order valence-corrected chi connectivity index (χ1v) is 9.52. The van der Waals surface area contributed by atoms with Crippen LogP contribution >= 0.6 is 11.3 Å². The van der Waals surface area contributed by atoms with Gasteiger partial charge in [-0.2, -0.15) is 0 Å². The molecule has 0 saturated carbocycles. The number of aromatic nitrogens is 1. The average molecular weight is 370 g/mol. The van der Waals surface area contributed by atoms with E-state index in [0.717, 1.165) is 26.9 Å². The summed E-state index contributed by atoms with van der Waals surface area (Å²) in [6.07, 6.45) is 1.91. The Kier molecular flexibility index (Phi) is 4.81. The topological polar surface area (TPSA) is 42.0 Å². The van der Waals surface area contributed by atoms with E-state index in [1.807, 2.05) is 91.9 Å². The first kappa shape index (κ1) is 17.2. The number of benzene rings is 3. The van der Waals surface area contributed by atoms with Crippen molar-refractivity contribution in [3.63, 3.8) is 0 Å². The van der Waals surface area contributed by atoms with Gasteiger partial charge < -0.3 is 0 Å².